The van der Waals surface area contributed by atoms with Gasteiger partial charge in [0.1, 0.15) is 12.1 Å². The van der Waals surface area contributed by atoms with Gasteiger partial charge in [-0.25, -0.2) is 0 Å². The molecule has 16 nitrogen and oxygen atoms in total. The van der Waals surface area contributed by atoms with Gasteiger partial charge in [-0.1, -0.05) is 43.7 Å². The standard InChI is InChI=1S/C24H31N11O5/c1-5-13(2)19(27-22-28-23(39-3)30-24(29-22)40-4)21(38)26-12-18(36)35-15-9-7-6-8-14(15)10-16(35)20(37)25-11-17-31-33-34-32-17/h6-9,13,16,19H,5,10-12H2,1-4H3,(H,25,37)(H,26,38)(H,27,28,29,30)(H,31,32,33,34)/t13-,16-,19-/m0/s1. The summed E-state index contributed by atoms with van der Waals surface area (Å²) >= 11 is 0. The van der Waals surface area contributed by atoms with E-state index >= 15 is 0 Å². The van der Waals surface area contributed by atoms with E-state index in [1.54, 1.807) is 12.1 Å². The summed E-state index contributed by atoms with van der Waals surface area (Å²) in [6, 6.07) is 5.71. The zero-order valence-electron chi connectivity index (χ0n) is 22.5. The molecule has 3 heterocycles. The molecule has 16 heteroatoms. The van der Waals surface area contributed by atoms with E-state index in [9.17, 15) is 14.4 Å². The third kappa shape index (κ3) is 6.39. The quantitative estimate of drug-likeness (QED) is 0.227. The molecule has 0 saturated carbocycles. The first-order chi connectivity index (χ1) is 19.3. The average Bonchev–Trinajstić information content (AvgIpc) is 3.64. The molecule has 1 aromatic carbocycles. The van der Waals surface area contributed by atoms with Crippen LogP contribution >= 0.6 is 0 Å². The predicted octanol–water partition coefficient (Wildman–Crippen LogP) is -0.381. The Hall–Kier alpha value is -4.89. The number of nitrogens with zero attached hydrogens (tertiary/aromatic N) is 7. The van der Waals surface area contributed by atoms with E-state index in [1.807, 2.05) is 26.0 Å². The first-order valence-electron chi connectivity index (χ1n) is 12.6. The maximum absolute atomic E-state index is 13.5. The lowest BCUT2D eigenvalue weighted by Gasteiger charge is -2.26. The van der Waals surface area contributed by atoms with Crippen molar-refractivity contribution in [3.63, 3.8) is 0 Å². The SMILES string of the molecule is CC[C@H](C)[C@H](Nc1nc(OC)nc(OC)n1)C(=O)NCC(=O)N1c2ccccc2C[C@H]1C(=O)NCc1nn[nH]n1. The zero-order chi connectivity index (χ0) is 28.6. The number of carbonyl (C=O) groups excluding carboxylic acids is 3. The lowest BCUT2D eigenvalue weighted by Crippen LogP contribution is -2.52. The van der Waals surface area contributed by atoms with E-state index in [4.69, 9.17) is 9.47 Å². The molecule has 0 saturated heterocycles. The molecule has 1 aliphatic heterocycles. The lowest BCUT2D eigenvalue weighted by molar-refractivity contribution is -0.127. The fraction of sp³-hybridized carbons (Fsp3) is 0.458. The number of anilines is 2. The third-order valence-corrected chi connectivity index (χ3v) is 6.51. The largest absolute Gasteiger partial charge is 0.467 e. The lowest BCUT2D eigenvalue weighted by atomic mass is 9.98. The number of carbonyl (C=O) groups is 3. The molecule has 0 aliphatic carbocycles. The highest BCUT2D eigenvalue weighted by Gasteiger charge is 2.38. The highest BCUT2D eigenvalue weighted by atomic mass is 16.5. The molecule has 3 amide bonds. The van der Waals surface area contributed by atoms with Gasteiger partial charge >= 0.3 is 12.0 Å². The highest BCUT2D eigenvalue weighted by molar-refractivity contribution is 6.05. The summed E-state index contributed by atoms with van der Waals surface area (Å²) in [5.74, 6) is -1.01. The van der Waals surface area contributed by atoms with Crippen LogP contribution in [0.3, 0.4) is 0 Å². The van der Waals surface area contributed by atoms with Gasteiger partial charge < -0.3 is 25.4 Å². The van der Waals surface area contributed by atoms with Crippen molar-refractivity contribution < 1.29 is 23.9 Å². The minimum Gasteiger partial charge on any atom is -0.467 e. The fourth-order valence-corrected chi connectivity index (χ4v) is 4.23. The van der Waals surface area contributed by atoms with Crippen LogP contribution in [0.15, 0.2) is 24.3 Å². The highest BCUT2D eigenvalue weighted by Crippen LogP contribution is 2.32. The van der Waals surface area contributed by atoms with Crippen molar-refractivity contribution in [3.8, 4) is 12.0 Å². The van der Waals surface area contributed by atoms with Gasteiger partial charge in [0.15, 0.2) is 5.82 Å². The Kier molecular flexibility index (Phi) is 8.98. The second-order valence-corrected chi connectivity index (χ2v) is 9.02. The van der Waals surface area contributed by atoms with Gasteiger partial charge in [-0.2, -0.15) is 15.2 Å². The van der Waals surface area contributed by atoms with E-state index in [-0.39, 0.29) is 42.9 Å². The van der Waals surface area contributed by atoms with Crippen LogP contribution in [0.4, 0.5) is 11.6 Å². The Morgan fingerprint density at radius 3 is 2.48 bits per heavy atom. The van der Waals surface area contributed by atoms with Crippen LogP contribution in [0.2, 0.25) is 0 Å². The Balaban J connectivity index is 1.46. The molecule has 212 valence electrons. The number of benzene rings is 1. The molecule has 3 aromatic rings. The van der Waals surface area contributed by atoms with Gasteiger partial charge in [0.25, 0.3) is 0 Å². The molecule has 0 bridgehead atoms. The molecule has 0 fully saturated rings. The number of H-pyrrole nitrogens is 1. The Morgan fingerprint density at radius 1 is 1.10 bits per heavy atom. The molecular formula is C24H31N11O5. The first kappa shape index (κ1) is 28.1. The van der Waals surface area contributed by atoms with Crippen molar-refractivity contribution >= 4 is 29.4 Å². The maximum atomic E-state index is 13.5. The molecule has 2 aromatic heterocycles. The topological polar surface area (TPSA) is 202 Å². The maximum Gasteiger partial charge on any atom is 0.324 e. The number of amides is 3. The van der Waals surface area contributed by atoms with Crippen molar-refractivity contribution in [3.05, 3.63) is 35.7 Å². The summed E-state index contributed by atoms with van der Waals surface area (Å²) in [7, 11) is 2.80. The Morgan fingerprint density at radius 2 is 1.82 bits per heavy atom. The Labute approximate surface area is 229 Å². The van der Waals surface area contributed by atoms with Crippen LogP contribution in [0.25, 0.3) is 0 Å². The number of tetrazole rings is 1. The first-order valence-corrected chi connectivity index (χ1v) is 12.6. The minimum atomic E-state index is -0.803. The number of methoxy groups -OCH3 is 2. The summed E-state index contributed by atoms with van der Waals surface area (Å²) in [6.07, 6.45) is 0.981. The average molecular weight is 554 g/mol. The molecule has 4 N–H and O–H groups in total. The van der Waals surface area contributed by atoms with Crippen molar-refractivity contribution in [1.82, 2.24) is 46.2 Å². The molecule has 0 spiro atoms. The number of para-hydroxylation sites is 1. The number of nitrogens with one attached hydrogen (secondary N) is 4. The van der Waals surface area contributed by atoms with Gasteiger partial charge in [0.2, 0.25) is 23.7 Å². The van der Waals surface area contributed by atoms with E-state index in [1.165, 1.54) is 19.1 Å². The zero-order valence-corrected chi connectivity index (χ0v) is 22.5. The number of aromatic nitrogens is 7. The van der Waals surface area contributed by atoms with Crippen LogP contribution in [-0.4, -0.2) is 86.1 Å². The molecule has 1 aliphatic rings. The summed E-state index contributed by atoms with van der Waals surface area (Å²) in [6.45, 7) is 3.54. The molecular weight excluding hydrogens is 522 g/mol. The van der Waals surface area contributed by atoms with E-state index in [0.29, 0.717) is 24.4 Å². The van der Waals surface area contributed by atoms with Crippen molar-refractivity contribution in [1.29, 1.82) is 0 Å². The van der Waals surface area contributed by atoms with E-state index < -0.39 is 23.9 Å². The van der Waals surface area contributed by atoms with Crippen molar-refractivity contribution in [2.24, 2.45) is 5.92 Å². The van der Waals surface area contributed by atoms with Gasteiger partial charge in [-0.05, 0) is 17.5 Å². The van der Waals surface area contributed by atoms with E-state index in [0.717, 1.165) is 5.56 Å². The molecule has 0 radical (unpaired) electrons. The number of fused-ring (bicyclic) bond motifs is 1. The van der Waals surface area contributed by atoms with Crippen LogP contribution in [-0.2, 0) is 27.3 Å². The van der Waals surface area contributed by atoms with Crippen LogP contribution in [0.5, 0.6) is 12.0 Å². The number of aromatic amines is 1. The smallest absolute Gasteiger partial charge is 0.324 e. The summed E-state index contributed by atoms with van der Waals surface area (Å²) in [5, 5.41) is 21.9. The summed E-state index contributed by atoms with van der Waals surface area (Å²) in [4.78, 5) is 53.5. The Bertz CT molecular complexity index is 1310. The van der Waals surface area contributed by atoms with Gasteiger partial charge in [-0.15, -0.1) is 15.2 Å². The van der Waals surface area contributed by atoms with Crippen LogP contribution in [0.1, 0.15) is 31.7 Å². The minimum absolute atomic E-state index is 0.0178. The van der Waals surface area contributed by atoms with Crippen LogP contribution in [0, 0.1) is 5.92 Å². The fourth-order valence-electron chi connectivity index (χ4n) is 4.23. The van der Waals surface area contributed by atoms with Crippen molar-refractivity contribution in [2.45, 2.75) is 45.3 Å². The van der Waals surface area contributed by atoms with Gasteiger partial charge in [-0.3, -0.25) is 19.3 Å². The van der Waals surface area contributed by atoms with E-state index in [2.05, 4.69) is 51.5 Å². The number of rotatable bonds is 12. The third-order valence-electron chi connectivity index (χ3n) is 6.51. The number of hydrogen-bond donors (Lipinski definition) is 4. The van der Waals surface area contributed by atoms with Crippen LogP contribution < -0.4 is 30.3 Å². The second kappa shape index (κ2) is 12.8. The van der Waals surface area contributed by atoms with Gasteiger partial charge in [0, 0.05) is 12.1 Å². The molecule has 3 atom stereocenters. The number of hydrogen-bond acceptors (Lipinski definition) is 12. The van der Waals surface area contributed by atoms with Gasteiger partial charge in [0.05, 0.1) is 27.3 Å². The number of ether oxygens (including phenoxy) is 2. The molecule has 40 heavy (non-hydrogen) atoms. The normalized spacial score (nSPS) is 15.5. The predicted molar refractivity (Wildman–Crippen MR) is 140 cm³/mol. The molecule has 0 unspecified atom stereocenters. The van der Waals surface area contributed by atoms with Crippen molar-refractivity contribution in [2.75, 3.05) is 31.0 Å². The monoisotopic (exact) mass is 553 g/mol. The summed E-state index contributed by atoms with van der Waals surface area (Å²) in [5.41, 5.74) is 1.46. The summed E-state index contributed by atoms with van der Waals surface area (Å²) < 4.78 is 10.2. The second-order valence-electron chi connectivity index (χ2n) is 9.02. The molecule has 4 rings (SSSR count).